The second-order valence-corrected chi connectivity index (χ2v) is 3.97. The smallest absolute Gasteiger partial charge is 0.200 e. The number of rotatable bonds is 2. The Labute approximate surface area is 93.4 Å². The maximum atomic E-state index is 5.34. The van der Waals surface area contributed by atoms with Crippen molar-refractivity contribution in [2.24, 2.45) is 0 Å². The molecule has 5 nitrogen and oxygen atoms in total. The number of ether oxygens (including phenoxy) is 1. The second kappa shape index (κ2) is 3.75. The normalized spacial score (nSPS) is 20.4. The number of pyridine rings is 1. The number of nitrogens with zero attached hydrogens (tertiary/aromatic N) is 3. The molecular formula is C11H14N4O. The summed E-state index contributed by atoms with van der Waals surface area (Å²) in [6.45, 7) is 1.05. The van der Waals surface area contributed by atoms with E-state index in [9.17, 15) is 0 Å². The molecule has 1 unspecified atom stereocenters. The van der Waals surface area contributed by atoms with Gasteiger partial charge >= 0.3 is 0 Å². The molecule has 0 aromatic carbocycles. The molecule has 0 aliphatic carbocycles. The third-order valence-electron chi connectivity index (χ3n) is 3.00. The van der Waals surface area contributed by atoms with E-state index in [4.69, 9.17) is 4.74 Å². The predicted octanol–water partition coefficient (Wildman–Crippen LogP) is 1.16. The van der Waals surface area contributed by atoms with Gasteiger partial charge in [-0.25, -0.2) is 4.40 Å². The summed E-state index contributed by atoms with van der Waals surface area (Å²) in [7, 11) is 1.67. The summed E-state index contributed by atoms with van der Waals surface area (Å²) in [5.74, 6) is 1.73. The van der Waals surface area contributed by atoms with Crippen LogP contribution in [0, 0.1) is 0 Å². The first-order chi connectivity index (χ1) is 7.90. The van der Waals surface area contributed by atoms with Crippen LogP contribution >= 0.6 is 0 Å². The molecule has 5 heteroatoms. The third kappa shape index (κ3) is 1.36. The van der Waals surface area contributed by atoms with Gasteiger partial charge in [0.1, 0.15) is 0 Å². The van der Waals surface area contributed by atoms with Crippen LogP contribution in [0.2, 0.25) is 0 Å². The molecule has 1 atom stereocenters. The Hall–Kier alpha value is -1.62. The number of hydrogen-bond donors (Lipinski definition) is 1. The largest absolute Gasteiger partial charge is 0.482 e. The second-order valence-electron chi connectivity index (χ2n) is 3.97. The van der Waals surface area contributed by atoms with Crippen LogP contribution in [0.3, 0.4) is 0 Å². The number of nitrogens with one attached hydrogen (secondary N) is 1. The Morgan fingerprint density at radius 2 is 2.38 bits per heavy atom. The summed E-state index contributed by atoms with van der Waals surface area (Å²) in [5, 5.41) is 11.8. The maximum Gasteiger partial charge on any atom is 0.200 e. The number of methoxy groups -OCH3 is 1. The molecule has 1 saturated heterocycles. The SMILES string of the molecule is COc1cccc2nnc(C3CCCN3)n12. The predicted molar refractivity (Wildman–Crippen MR) is 59.5 cm³/mol. The zero-order valence-corrected chi connectivity index (χ0v) is 9.18. The van der Waals surface area contributed by atoms with Gasteiger partial charge in [-0.1, -0.05) is 6.07 Å². The lowest BCUT2D eigenvalue weighted by atomic mass is 10.2. The molecule has 16 heavy (non-hydrogen) atoms. The fourth-order valence-electron chi connectivity index (χ4n) is 2.22. The van der Waals surface area contributed by atoms with E-state index in [1.54, 1.807) is 7.11 Å². The first kappa shape index (κ1) is 9.59. The highest BCUT2D eigenvalue weighted by Crippen LogP contribution is 2.25. The van der Waals surface area contributed by atoms with Crippen molar-refractivity contribution in [1.82, 2.24) is 19.9 Å². The van der Waals surface area contributed by atoms with Gasteiger partial charge in [-0.15, -0.1) is 10.2 Å². The molecule has 2 aromatic heterocycles. The average Bonchev–Trinajstić information content (AvgIpc) is 2.96. The summed E-state index contributed by atoms with van der Waals surface area (Å²) in [5.41, 5.74) is 0.836. The van der Waals surface area contributed by atoms with E-state index in [2.05, 4.69) is 15.5 Å². The molecule has 1 fully saturated rings. The standard InChI is InChI=1S/C11H14N4O/c1-16-10-6-2-5-9-13-14-11(15(9)10)8-4-3-7-12-8/h2,5-6,8,12H,3-4,7H2,1H3. The molecule has 0 spiro atoms. The number of hydrogen-bond acceptors (Lipinski definition) is 4. The van der Waals surface area contributed by atoms with Gasteiger partial charge in [0.15, 0.2) is 11.5 Å². The molecule has 3 heterocycles. The molecular weight excluding hydrogens is 204 g/mol. The Bertz CT molecular complexity index is 502. The van der Waals surface area contributed by atoms with Crippen LogP contribution < -0.4 is 10.1 Å². The minimum absolute atomic E-state index is 0.297. The minimum atomic E-state index is 0.297. The molecule has 1 aliphatic heterocycles. The minimum Gasteiger partial charge on any atom is -0.482 e. The number of aromatic nitrogens is 3. The van der Waals surface area contributed by atoms with Gasteiger partial charge in [-0.05, 0) is 31.5 Å². The van der Waals surface area contributed by atoms with Crippen molar-refractivity contribution in [3.8, 4) is 5.88 Å². The van der Waals surface area contributed by atoms with Crippen LogP contribution in [0.4, 0.5) is 0 Å². The van der Waals surface area contributed by atoms with Crippen LogP contribution in [0.5, 0.6) is 5.88 Å². The third-order valence-corrected chi connectivity index (χ3v) is 3.00. The summed E-state index contributed by atoms with van der Waals surface area (Å²) >= 11 is 0. The van der Waals surface area contributed by atoms with E-state index in [0.29, 0.717) is 6.04 Å². The van der Waals surface area contributed by atoms with Gasteiger partial charge in [0.2, 0.25) is 5.88 Å². The van der Waals surface area contributed by atoms with Crippen molar-refractivity contribution in [3.05, 3.63) is 24.0 Å². The van der Waals surface area contributed by atoms with E-state index >= 15 is 0 Å². The zero-order valence-electron chi connectivity index (χ0n) is 9.18. The van der Waals surface area contributed by atoms with Gasteiger partial charge in [-0.3, -0.25) is 0 Å². The molecule has 0 bridgehead atoms. The Morgan fingerprint density at radius 3 is 3.12 bits per heavy atom. The fourth-order valence-corrected chi connectivity index (χ4v) is 2.22. The number of fused-ring (bicyclic) bond motifs is 1. The lowest BCUT2D eigenvalue weighted by Crippen LogP contribution is -2.16. The summed E-state index contributed by atoms with van der Waals surface area (Å²) in [6, 6.07) is 6.09. The lowest BCUT2D eigenvalue weighted by Gasteiger charge is -2.10. The van der Waals surface area contributed by atoms with E-state index in [-0.39, 0.29) is 0 Å². The summed E-state index contributed by atoms with van der Waals surface area (Å²) < 4.78 is 7.32. The van der Waals surface area contributed by atoms with Crippen molar-refractivity contribution in [3.63, 3.8) is 0 Å². The van der Waals surface area contributed by atoms with Crippen LogP contribution in [-0.2, 0) is 0 Å². The van der Waals surface area contributed by atoms with E-state index in [1.807, 2.05) is 22.6 Å². The molecule has 1 aliphatic rings. The van der Waals surface area contributed by atoms with E-state index < -0.39 is 0 Å². The molecule has 0 saturated carbocycles. The molecule has 2 aromatic rings. The molecule has 0 amide bonds. The molecule has 1 N–H and O–H groups in total. The van der Waals surface area contributed by atoms with Gasteiger partial charge in [0, 0.05) is 0 Å². The van der Waals surface area contributed by atoms with E-state index in [0.717, 1.165) is 30.3 Å². The van der Waals surface area contributed by atoms with Gasteiger partial charge in [-0.2, -0.15) is 0 Å². The fraction of sp³-hybridized carbons (Fsp3) is 0.455. The molecule has 84 valence electrons. The van der Waals surface area contributed by atoms with E-state index in [1.165, 1.54) is 6.42 Å². The highest BCUT2D eigenvalue weighted by molar-refractivity contribution is 5.42. The Balaban J connectivity index is 2.16. The van der Waals surface area contributed by atoms with Crippen molar-refractivity contribution in [2.45, 2.75) is 18.9 Å². The van der Waals surface area contributed by atoms with Gasteiger partial charge < -0.3 is 10.1 Å². The topological polar surface area (TPSA) is 51.5 Å². The van der Waals surface area contributed by atoms with Crippen molar-refractivity contribution in [2.75, 3.05) is 13.7 Å². The van der Waals surface area contributed by atoms with Crippen LogP contribution in [0.15, 0.2) is 18.2 Å². The van der Waals surface area contributed by atoms with Crippen LogP contribution in [-0.4, -0.2) is 28.3 Å². The first-order valence-electron chi connectivity index (χ1n) is 5.51. The summed E-state index contributed by atoms with van der Waals surface area (Å²) in [4.78, 5) is 0. The zero-order chi connectivity index (χ0) is 11.0. The monoisotopic (exact) mass is 218 g/mol. The lowest BCUT2D eigenvalue weighted by molar-refractivity contribution is 0.387. The van der Waals surface area contributed by atoms with Crippen molar-refractivity contribution >= 4 is 5.65 Å². The first-order valence-corrected chi connectivity index (χ1v) is 5.51. The maximum absolute atomic E-state index is 5.34. The summed E-state index contributed by atoms with van der Waals surface area (Å²) in [6.07, 6.45) is 2.30. The Morgan fingerprint density at radius 1 is 1.44 bits per heavy atom. The van der Waals surface area contributed by atoms with Crippen molar-refractivity contribution in [1.29, 1.82) is 0 Å². The highest BCUT2D eigenvalue weighted by Gasteiger charge is 2.22. The van der Waals surface area contributed by atoms with Gasteiger partial charge in [0.25, 0.3) is 0 Å². The van der Waals surface area contributed by atoms with Gasteiger partial charge in [0.05, 0.1) is 13.2 Å². The highest BCUT2D eigenvalue weighted by atomic mass is 16.5. The Kier molecular flexibility index (Phi) is 2.25. The van der Waals surface area contributed by atoms with Crippen LogP contribution in [0.1, 0.15) is 24.7 Å². The molecule has 3 rings (SSSR count). The average molecular weight is 218 g/mol. The van der Waals surface area contributed by atoms with Crippen LogP contribution in [0.25, 0.3) is 5.65 Å². The molecule has 0 radical (unpaired) electrons. The quantitative estimate of drug-likeness (QED) is 0.822. The van der Waals surface area contributed by atoms with Crippen molar-refractivity contribution < 1.29 is 4.74 Å².